The summed E-state index contributed by atoms with van der Waals surface area (Å²) in [5, 5.41) is 3.48. The lowest BCUT2D eigenvalue weighted by Gasteiger charge is -2.09. The summed E-state index contributed by atoms with van der Waals surface area (Å²) < 4.78 is 6.55. The Hall–Kier alpha value is -0.980. The van der Waals surface area contributed by atoms with Crippen LogP contribution >= 0.6 is 15.9 Å². The van der Waals surface area contributed by atoms with Gasteiger partial charge in [0.15, 0.2) is 0 Å². The summed E-state index contributed by atoms with van der Waals surface area (Å²) in [5.74, 6) is 3.42. The molecule has 1 N–H and O–H groups in total. The fourth-order valence-electron chi connectivity index (χ4n) is 1.54. The molecule has 2 rings (SSSR count). The SMILES string of the molecule is C#CCCOc1ccc(CNC2CC2)cc1Br. The number of benzene rings is 1. The van der Waals surface area contributed by atoms with Crippen molar-refractivity contribution in [2.24, 2.45) is 0 Å². The highest BCUT2D eigenvalue weighted by atomic mass is 79.9. The molecule has 90 valence electrons. The van der Waals surface area contributed by atoms with Crippen LogP contribution in [0.2, 0.25) is 0 Å². The molecule has 1 fully saturated rings. The maximum absolute atomic E-state index is 5.56. The zero-order valence-electron chi connectivity index (χ0n) is 9.71. The van der Waals surface area contributed by atoms with Gasteiger partial charge in [0.1, 0.15) is 5.75 Å². The van der Waals surface area contributed by atoms with Gasteiger partial charge in [-0.1, -0.05) is 6.07 Å². The van der Waals surface area contributed by atoms with Crippen molar-refractivity contribution in [2.75, 3.05) is 6.61 Å². The molecule has 3 heteroatoms. The van der Waals surface area contributed by atoms with Gasteiger partial charge in [0.25, 0.3) is 0 Å². The lowest BCUT2D eigenvalue weighted by molar-refractivity contribution is 0.325. The third-order valence-electron chi connectivity index (χ3n) is 2.67. The average Bonchev–Trinajstić information content (AvgIpc) is 3.13. The first kappa shape index (κ1) is 12.5. The van der Waals surface area contributed by atoms with Gasteiger partial charge in [0, 0.05) is 19.0 Å². The molecule has 1 saturated carbocycles. The molecule has 0 radical (unpaired) electrons. The molecule has 1 aromatic rings. The summed E-state index contributed by atoms with van der Waals surface area (Å²) in [6.07, 6.45) is 8.44. The molecule has 0 aliphatic heterocycles. The molecule has 0 spiro atoms. The number of halogens is 1. The van der Waals surface area contributed by atoms with E-state index in [1.54, 1.807) is 0 Å². The van der Waals surface area contributed by atoms with Crippen molar-refractivity contribution in [1.29, 1.82) is 0 Å². The van der Waals surface area contributed by atoms with Gasteiger partial charge in [-0.3, -0.25) is 0 Å². The zero-order chi connectivity index (χ0) is 12.1. The standard InChI is InChI=1S/C14H16BrNO/c1-2-3-8-17-14-7-4-11(9-13(14)15)10-16-12-5-6-12/h1,4,7,9,12,16H,3,5-6,8,10H2. The van der Waals surface area contributed by atoms with Crippen LogP contribution in [0.25, 0.3) is 0 Å². The van der Waals surface area contributed by atoms with Crippen molar-refractivity contribution in [3.8, 4) is 18.1 Å². The van der Waals surface area contributed by atoms with Crippen LogP contribution in [0, 0.1) is 12.3 Å². The van der Waals surface area contributed by atoms with Crippen LogP contribution in [0.15, 0.2) is 22.7 Å². The lowest BCUT2D eigenvalue weighted by Crippen LogP contribution is -2.15. The van der Waals surface area contributed by atoms with Crippen LogP contribution in [0.4, 0.5) is 0 Å². The fraction of sp³-hybridized carbons (Fsp3) is 0.429. The lowest BCUT2D eigenvalue weighted by atomic mass is 10.2. The molecule has 0 amide bonds. The summed E-state index contributed by atoms with van der Waals surface area (Å²) >= 11 is 3.52. The Balaban J connectivity index is 1.88. The summed E-state index contributed by atoms with van der Waals surface area (Å²) in [7, 11) is 0. The van der Waals surface area contributed by atoms with Crippen LogP contribution in [0.1, 0.15) is 24.8 Å². The summed E-state index contributed by atoms with van der Waals surface area (Å²) in [6, 6.07) is 6.91. The molecule has 0 atom stereocenters. The predicted octanol–water partition coefficient (Wildman–Crippen LogP) is 3.10. The molecule has 1 aliphatic rings. The molecule has 0 unspecified atom stereocenters. The van der Waals surface area contributed by atoms with E-state index in [1.807, 2.05) is 6.07 Å². The molecule has 17 heavy (non-hydrogen) atoms. The van der Waals surface area contributed by atoms with Gasteiger partial charge >= 0.3 is 0 Å². The van der Waals surface area contributed by atoms with E-state index >= 15 is 0 Å². The predicted molar refractivity (Wildman–Crippen MR) is 72.9 cm³/mol. The number of rotatable bonds is 6. The molecule has 1 aliphatic carbocycles. The van der Waals surface area contributed by atoms with Gasteiger partial charge in [-0.25, -0.2) is 0 Å². The van der Waals surface area contributed by atoms with Crippen molar-refractivity contribution in [3.63, 3.8) is 0 Å². The smallest absolute Gasteiger partial charge is 0.133 e. The first-order chi connectivity index (χ1) is 8.29. The zero-order valence-corrected chi connectivity index (χ0v) is 11.3. The molecule has 2 nitrogen and oxygen atoms in total. The molecule has 1 aromatic carbocycles. The molecular weight excluding hydrogens is 278 g/mol. The van der Waals surface area contributed by atoms with E-state index in [-0.39, 0.29) is 0 Å². The third-order valence-corrected chi connectivity index (χ3v) is 3.29. The Morgan fingerprint density at radius 2 is 2.29 bits per heavy atom. The molecule has 0 bridgehead atoms. The fourth-order valence-corrected chi connectivity index (χ4v) is 2.08. The molecule has 0 heterocycles. The first-order valence-corrected chi connectivity index (χ1v) is 6.67. The summed E-state index contributed by atoms with van der Waals surface area (Å²) in [6.45, 7) is 1.49. The van der Waals surface area contributed by atoms with Gasteiger partial charge in [0.05, 0.1) is 11.1 Å². The van der Waals surface area contributed by atoms with Crippen LogP contribution in [0.5, 0.6) is 5.75 Å². The minimum atomic E-state index is 0.564. The highest BCUT2D eigenvalue weighted by molar-refractivity contribution is 9.10. The van der Waals surface area contributed by atoms with Crippen LogP contribution < -0.4 is 10.1 Å². The van der Waals surface area contributed by atoms with Gasteiger partial charge in [-0.05, 0) is 46.5 Å². The Morgan fingerprint density at radius 3 is 2.94 bits per heavy atom. The minimum Gasteiger partial charge on any atom is -0.491 e. The number of ether oxygens (including phenoxy) is 1. The van der Waals surface area contributed by atoms with E-state index in [1.165, 1.54) is 18.4 Å². The minimum absolute atomic E-state index is 0.564. The maximum atomic E-state index is 5.56. The van der Waals surface area contributed by atoms with Crippen molar-refractivity contribution >= 4 is 15.9 Å². The monoisotopic (exact) mass is 293 g/mol. The number of hydrogen-bond donors (Lipinski definition) is 1. The largest absolute Gasteiger partial charge is 0.491 e. The maximum Gasteiger partial charge on any atom is 0.133 e. The summed E-state index contributed by atoms with van der Waals surface area (Å²) in [4.78, 5) is 0. The molecular formula is C14H16BrNO. The Morgan fingerprint density at radius 1 is 1.47 bits per heavy atom. The van der Waals surface area contributed by atoms with Gasteiger partial charge in [0.2, 0.25) is 0 Å². The quantitative estimate of drug-likeness (QED) is 0.643. The second-order valence-corrected chi connectivity index (χ2v) is 5.08. The highest BCUT2D eigenvalue weighted by Crippen LogP contribution is 2.26. The van der Waals surface area contributed by atoms with Crippen molar-refractivity contribution in [1.82, 2.24) is 5.32 Å². The second-order valence-electron chi connectivity index (χ2n) is 4.22. The van der Waals surface area contributed by atoms with Gasteiger partial charge < -0.3 is 10.1 Å². The van der Waals surface area contributed by atoms with E-state index in [4.69, 9.17) is 11.2 Å². The number of hydrogen-bond acceptors (Lipinski definition) is 2. The second kappa shape index (κ2) is 6.09. The van der Waals surface area contributed by atoms with Crippen molar-refractivity contribution in [2.45, 2.75) is 31.8 Å². The van der Waals surface area contributed by atoms with Crippen LogP contribution in [-0.4, -0.2) is 12.6 Å². The summed E-state index contributed by atoms with van der Waals surface area (Å²) in [5.41, 5.74) is 1.27. The van der Waals surface area contributed by atoms with Crippen molar-refractivity contribution in [3.05, 3.63) is 28.2 Å². The Bertz CT molecular complexity index is 421. The number of nitrogens with one attached hydrogen (secondary N) is 1. The van der Waals surface area contributed by atoms with E-state index in [0.717, 1.165) is 22.8 Å². The van der Waals surface area contributed by atoms with E-state index < -0.39 is 0 Å². The van der Waals surface area contributed by atoms with E-state index in [0.29, 0.717) is 13.0 Å². The van der Waals surface area contributed by atoms with Gasteiger partial charge in [-0.2, -0.15) is 0 Å². The first-order valence-electron chi connectivity index (χ1n) is 5.87. The Kier molecular flexibility index (Phi) is 4.47. The number of terminal acetylenes is 1. The average molecular weight is 294 g/mol. The van der Waals surface area contributed by atoms with E-state index in [2.05, 4.69) is 39.3 Å². The van der Waals surface area contributed by atoms with Crippen molar-refractivity contribution < 1.29 is 4.74 Å². The molecule has 0 aromatic heterocycles. The van der Waals surface area contributed by atoms with Gasteiger partial charge in [-0.15, -0.1) is 12.3 Å². The molecule has 0 saturated heterocycles. The van der Waals surface area contributed by atoms with Crippen LogP contribution in [0.3, 0.4) is 0 Å². The Labute approximate surface area is 111 Å². The van der Waals surface area contributed by atoms with Crippen LogP contribution in [-0.2, 0) is 6.54 Å². The normalized spacial score (nSPS) is 14.4. The topological polar surface area (TPSA) is 21.3 Å². The van der Waals surface area contributed by atoms with E-state index in [9.17, 15) is 0 Å². The third kappa shape index (κ3) is 4.07. The highest BCUT2D eigenvalue weighted by Gasteiger charge is 2.19.